The van der Waals surface area contributed by atoms with E-state index in [1.807, 2.05) is 0 Å². The Kier molecular flexibility index (Phi) is 3.15. The molecule has 0 radical (unpaired) electrons. The first-order chi connectivity index (χ1) is 7.33. The first-order valence-corrected chi connectivity index (χ1v) is 5.06. The second-order valence-electron chi connectivity index (χ2n) is 3.58. The molecular formula is C10H15N3O2. The van der Waals surface area contributed by atoms with Crippen LogP contribution < -0.4 is 10.6 Å². The van der Waals surface area contributed by atoms with Gasteiger partial charge in [0.15, 0.2) is 0 Å². The van der Waals surface area contributed by atoms with E-state index in [0.29, 0.717) is 11.1 Å². The standard InChI is InChI=1S/C10H15N3O2/c14-6-7-4-11-5-8(15)9(7)10-12-2-1-3-13-10/h4-5,10,12-15H,1-3,6H2. The van der Waals surface area contributed by atoms with Crippen molar-refractivity contribution >= 4 is 0 Å². The Morgan fingerprint density at radius 2 is 2.07 bits per heavy atom. The van der Waals surface area contributed by atoms with Crippen LogP contribution in [0.3, 0.4) is 0 Å². The van der Waals surface area contributed by atoms with Crippen LogP contribution in [0.15, 0.2) is 12.4 Å². The predicted molar refractivity (Wildman–Crippen MR) is 55.2 cm³/mol. The quantitative estimate of drug-likeness (QED) is 0.545. The Morgan fingerprint density at radius 3 is 2.73 bits per heavy atom. The summed E-state index contributed by atoms with van der Waals surface area (Å²) in [5, 5.41) is 25.4. The van der Waals surface area contributed by atoms with Crippen molar-refractivity contribution < 1.29 is 10.2 Å². The van der Waals surface area contributed by atoms with E-state index in [2.05, 4.69) is 15.6 Å². The molecule has 1 saturated heterocycles. The van der Waals surface area contributed by atoms with Crippen LogP contribution in [0.25, 0.3) is 0 Å². The van der Waals surface area contributed by atoms with Crippen molar-refractivity contribution in [1.82, 2.24) is 15.6 Å². The summed E-state index contributed by atoms with van der Waals surface area (Å²) in [5.41, 5.74) is 1.36. The van der Waals surface area contributed by atoms with Gasteiger partial charge in [-0.15, -0.1) is 0 Å². The lowest BCUT2D eigenvalue weighted by molar-refractivity contribution is 0.273. The van der Waals surface area contributed by atoms with Crippen molar-refractivity contribution in [3.63, 3.8) is 0 Å². The Hall–Kier alpha value is -1.17. The van der Waals surface area contributed by atoms with Gasteiger partial charge >= 0.3 is 0 Å². The van der Waals surface area contributed by atoms with Gasteiger partial charge in [-0.2, -0.15) is 0 Å². The summed E-state index contributed by atoms with van der Waals surface area (Å²) in [6.07, 6.45) is 3.94. The molecule has 1 aliphatic heterocycles. The van der Waals surface area contributed by atoms with E-state index in [0.717, 1.165) is 19.5 Å². The van der Waals surface area contributed by atoms with Crippen LogP contribution in [0.1, 0.15) is 23.7 Å². The Bertz CT molecular complexity index is 337. The lowest BCUT2D eigenvalue weighted by Gasteiger charge is -2.27. The molecule has 5 nitrogen and oxygen atoms in total. The average molecular weight is 209 g/mol. The number of nitrogens with zero attached hydrogens (tertiary/aromatic N) is 1. The molecule has 15 heavy (non-hydrogen) atoms. The lowest BCUT2D eigenvalue weighted by Crippen LogP contribution is -2.41. The summed E-state index contributed by atoms with van der Waals surface area (Å²) in [6.45, 7) is 1.70. The van der Waals surface area contributed by atoms with Crippen molar-refractivity contribution in [2.75, 3.05) is 13.1 Å². The molecular weight excluding hydrogens is 194 g/mol. The van der Waals surface area contributed by atoms with Gasteiger partial charge in [0.2, 0.25) is 0 Å². The number of nitrogens with one attached hydrogen (secondary N) is 2. The highest BCUT2D eigenvalue weighted by Crippen LogP contribution is 2.26. The molecule has 4 N–H and O–H groups in total. The first kappa shape index (κ1) is 10.4. The molecule has 0 amide bonds. The fourth-order valence-corrected chi connectivity index (χ4v) is 1.82. The molecule has 2 heterocycles. The van der Waals surface area contributed by atoms with Gasteiger partial charge in [-0.05, 0) is 19.5 Å². The van der Waals surface area contributed by atoms with E-state index in [-0.39, 0.29) is 18.5 Å². The second kappa shape index (κ2) is 4.57. The van der Waals surface area contributed by atoms with E-state index < -0.39 is 0 Å². The maximum Gasteiger partial charge on any atom is 0.140 e. The lowest BCUT2D eigenvalue weighted by atomic mass is 10.1. The van der Waals surface area contributed by atoms with Gasteiger partial charge in [-0.3, -0.25) is 15.6 Å². The average Bonchev–Trinajstić information content (AvgIpc) is 2.29. The van der Waals surface area contributed by atoms with E-state index in [9.17, 15) is 5.11 Å². The predicted octanol–water partition coefficient (Wildman–Crippen LogP) is -0.139. The fraction of sp³-hybridized carbons (Fsp3) is 0.500. The fourth-order valence-electron chi connectivity index (χ4n) is 1.82. The SMILES string of the molecule is OCc1cncc(O)c1C1NCCCN1. The van der Waals surface area contributed by atoms with Gasteiger partial charge in [-0.1, -0.05) is 0 Å². The molecule has 0 unspecified atom stereocenters. The number of rotatable bonds is 2. The van der Waals surface area contributed by atoms with Crippen LogP contribution in [0, 0.1) is 0 Å². The molecule has 82 valence electrons. The minimum absolute atomic E-state index is 0.0936. The monoisotopic (exact) mass is 209 g/mol. The summed E-state index contributed by atoms with van der Waals surface area (Å²) < 4.78 is 0. The van der Waals surface area contributed by atoms with Crippen LogP contribution in [-0.4, -0.2) is 28.3 Å². The van der Waals surface area contributed by atoms with Gasteiger partial charge in [0.05, 0.1) is 19.0 Å². The van der Waals surface area contributed by atoms with Gasteiger partial charge < -0.3 is 10.2 Å². The third-order valence-electron chi connectivity index (χ3n) is 2.56. The third kappa shape index (κ3) is 2.09. The van der Waals surface area contributed by atoms with Crippen LogP contribution in [0.4, 0.5) is 0 Å². The summed E-state index contributed by atoms with van der Waals surface area (Å²) >= 11 is 0. The molecule has 1 aromatic rings. The van der Waals surface area contributed by atoms with Crippen molar-refractivity contribution in [2.45, 2.75) is 19.2 Å². The van der Waals surface area contributed by atoms with Gasteiger partial charge in [0.25, 0.3) is 0 Å². The number of hydrogen-bond donors (Lipinski definition) is 4. The molecule has 2 rings (SSSR count). The molecule has 5 heteroatoms. The van der Waals surface area contributed by atoms with Crippen LogP contribution in [-0.2, 0) is 6.61 Å². The Labute approximate surface area is 88.2 Å². The summed E-state index contributed by atoms with van der Waals surface area (Å²) in [5.74, 6) is 0.119. The van der Waals surface area contributed by atoms with Crippen LogP contribution in [0.5, 0.6) is 5.75 Å². The number of hydrogen-bond acceptors (Lipinski definition) is 5. The number of aromatic nitrogens is 1. The molecule has 0 aliphatic carbocycles. The first-order valence-electron chi connectivity index (χ1n) is 5.06. The molecule has 1 aliphatic rings. The van der Waals surface area contributed by atoms with Crippen molar-refractivity contribution in [1.29, 1.82) is 0 Å². The van der Waals surface area contributed by atoms with Gasteiger partial charge in [-0.25, -0.2) is 0 Å². The third-order valence-corrected chi connectivity index (χ3v) is 2.56. The van der Waals surface area contributed by atoms with Gasteiger partial charge in [0, 0.05) is 17.3 Å². The molecule has 0 aromatic carbocycles. The maximum absolute atomic E-state index is 9.72. The summed E-state index contributed by atoms with van der Waals surface area (Å²) in [4.78, 5) is 3.84. The minimum Gasteiger partial charge on any atom is -0.506 e. The summed E-state index contributed by atoms with van der Waals surface area (Å²) in [6, 6.07) is 0. The van der Waals surface area contributed by atoms with E-state index >= 15 is 0 Å². The molecule has 0 atom stereocenters. The molecule has 0 spiro atoms. The highest BCUT2D eigenvalue weighted by molar-refractivity contribution is 5.38. The van der Waals surface area contributed by atoms with Crippen LogP contribution in [0.2, 0.25) is 0 Å². The second-order valence-corrected chi connectivity index (χ2v) is 3.58. The highest BCUT2D eigenvalue weighted by Gasteiger charge is 2.20. The largest absolute Gasteiger partial charge is 0.506 e. The van der Waals surface area contributed by atoms with E-state index in [1.165, 1.54) is 6.20 Å². The zero-order valence-corrected chi connectivity index (χ0v) is 8.40. The zero-order valence-electron chi connectivity index (χ0n) is 8.40. The number of pyridine rings is 1. The van der Waals surface area contributed by atoms with Crippen molar-refractivity contribution in [3.05, 3.63) is 23.5 Å². The molecule has 0 bridgehead atoms. The maximum atomic E-state index is 9.72. The molecule has 1 fully saturated rings. The van der Waals surface area contributed by atoms with Gasteiger partial charge in [0.1, 0.15) is 5.75 Å². The van der Waals surface area contributed by atoms with Crippen molar-refractivity contribution in [2.24, 2.45) is 0 Å². The highest BCUT2D eigenvalue weighted by atomic mass is 16.3. The Balaban J connectivity index is 2.31. The number of aromatic hydroxyl groups is 1. The van der Waals surface area contributed by atoms with E-state index in [1.54, 1.807) is 6.20 Å². The zero-order chi connectivity index (χ0) is 10.7. The molecule has 0 saturated carbocycles. The normalized spacial score (nSPS) is 17.9. The Morgan fingerprint density at radius 1 is 1.33 bits per heavy atom. The topological polar surface area (TPSA) is 77.4 Å². The number of aliphatic hydroxyl groups is 1. The number of aliphatic hydroxyl groups excluding tert-OH is 1. The van der Waals surface area contributed by atoms with Crippen molar-refractivity contribution in [3.8, 4) is 5.75 Å². The van der Waals surface area contributed by atoms with Crippen LogP contribution >= 0.6 is 0 Å². The van der Waals surface area contributed by atoms with E-state index in [4.69, 9.17) is 5.11 Å². The minimum atomic E-state index is -0.114. The molecule has 1 aromatic heterocycles. The smallest absolute Gasteiger partial charge is 0.140 e. The summed E-state index contributed by atoms with van der Waals surface area (Å²) in [7, 11) is 0.